The lowest BCUT2D eigenvalue weighted by Gasteiger charge is -2.15. The first kappa shape index (κ1) is 10.1. The first-order chi connectivity index (χ1) is 7.27. The number of benzene rings is 1. The molecule has 15 heavy (non-hydrogen) atoms. The fraction of sp³-hybridized carbons (Fsp3) is 0.182. The Morgan fingerprint density at radius 2 is 2.20 bits per heavy atom. The molecular formula is C11H12ClN3. The zero-order valence-electron chi connectivity index (χ0n) is 8.37. The van der Waals surface area contributed by atoms with Gasteiger partial charge in [0.25, 0.3) is 0 Å². The van der Waals surface area contributed by atoms with Gasteiger partial charge in [-0.25, -0.2) is 0 Å². The van der Waals surface area contributed by atoms with Crippen LogP contribution in [0.2, 0.25) is 5.02 Å². The van der Waals surface area contributed by atoms with Gasteiger partial charge in [-0.1, -0.05) is 29.8 Å². The second kappa shape index (κ2) is 4.36. The Labute approximate surface area is 93.5 Å². The maximum absolute atomic E-state index is 6.10. The van der Waals surface area contributed by atoms with Crippen LogP contribution in [0.5, 0.6) is 0 Å². The maximum atomic E-state index is 6.10. The van der Waals surface area contributed by atoms with Gasteiger partial charge >= 0.3 is 0 Å². The van der Waals surface area contributed by atoms with Crippen molar-refractivity contribution in [3.8, 4) is 0 Å². The summed E-state index contributed by atoms with van der Waals surface area (Å²) in [5.74, 6) is 0. The molecule has 78 valence electrons. The van der Waals surface area contributed by atoms with E-state index in [2.05, 4.69) is 22.4 Å². The normalized spacial score (nSPS) is 12.4. The SMILES string of the molecule is CC(Nc1cn[nH]c1)c1ccccc1Cl. The molecule has 0 bridgehead atoms. The first-order valence-electron chi connectivity index (χ1n) is 4.77. The quantitative estimate of drug-likeness (QED) is 0.836. The molecule has 2 N–H and O–H groups in total. The summed E-state index contributed by atoms with van der Waals surface area (Å²) in [7, 11) is 0. The van der Waals surface area contributed by atoms with E-state index in [9.17, 15) is 0 Å². The third-order valence-corrected chi connectivity index (χ3v) is 2.60. The zero-order valence-corrected chi connectivity index (χ0v) is 9.12. The molecule has 0 aliphatic rings. The van der Waals surface area contributed by atoms with Crippen LogP contribution >= 0.6 is 11.6 Å². The third kappa shape index (κ3) is 2.30. The van der Waals surface area contributed by atoms with Crippen LogP contribution in [-0.4, -0.2) is 10.2 Å². The van der Waals surface area contributed by atoms with Gasteiger partial charge in [-0.3, -0.25) is 5.10 Å². The van der Waals surface area contributed by atoms with Crippen molar-refractivity contribution in [3.63, 3.8) is 0 Å². The highest BCUT2D eigenvalue weighted by Crippen LogP contribution is 2.24. The number of hydrogen-bond donors (Lipinski definition) is 2. The van der Waals surface area contributed by atoms with Crippen molar-refractivity contribution in [2.24, 2.45) is 0 Å². The van der Waals surface area contributed by atoms with Crippen molar-refractivity contribution in [2.45, 2.75) is 13.0 Å². The fourth-order valence-electron chi connectivity index (χ4n) is 1.48. The number of aromatic amines is 1. The summed E-state index contributed by atoms with van der Waals surface area (Å²) in [4.78, 5) is 0. The molecule has 1 heterocycles. The molecule has 0 radical (unpaired) electrons. The zero-order chi connectivity index (χ0) is 10.7. The Bertz CT molecular complexity index is 425. The van der Waals surface area contributed by atoms with E-state index >= 15 is 0 Å². The topological polar surface area (TPSA) is 40.7 Å². The largest absolute Gasteiger partial charge is 0.376 e. The summed E-state index contributed by atoms with van der Waals surface area (Å²) in [5.41, 5.74) is 2.04. The van der Waals surface area contributed by atoms with E-state index in [1.807, 2.05) is 30.5 Å². The molecule has 0 saturated carbocycles. The third-order valence-electron chi connectivity index (χ3n) is 2.25. The molecule has 0 fully saturated rings. The Morgan fingerprint density at radius 3 is 2.87 bits per heavy atom. The molecule has 2 aromatic rings. The standard InChI is InChI=1S/C11H12ClN3/c1-8(15-9-6-13-14-7-9)10-4-2-3-5-11(10)12/h2-8,15H,1H3,(H,13,14). The van der Waals surface area contributed by atoms with E-state index < -0.39 is 0 Å². The van der Waals surface area contributed by atoms with Crippen LogP contribution in [0, 0.1) is 0 Å². The van der Waals surface area contributed by atoms with Crippen LogP contribution in [0.15, 0.2) is 36.7 Å². The Morgan fingerprint density at radius 1 is 1.40 bits per heavy atom. The molecule has 0 aliphatic carbocycles. The number of nitrogens with one attached hydrogen (secondary N) is 2. The fourth-order valence-corrected chi connectivity index (χ4v) is 1.78. The van der Waals surface area contributed by atoms with E-state index in [1.54, 1.807) is 6.20 Å². The van der Waals surface area contributed by atoms with Crippen molar-refractivity contribution >= 4 is 17.3 Å². The molecule has 4 heteroatoms. The number of hydrogen-bond acceptors (Lipinski definition) is 2. The van der Waals surface area contributed by atoms with Crippen molar-refractivity contribution in [3.05, 3.63) is 47.2 Å². The molecule has 1 unspecified atom stereocenters. The van der Waals surface area contributed by atoms with Crippen LogP contribution in [0.25, 0.3) is 0 Å². The molecule has 0 spiro atoms. The van der Waals surface area contributed by atoms with Gasteiger partial charge in [0, 0.05) is 11.2 Å². The monoisotopic (exact) mass is 221 g/mol. The maximum Gasteiger partial charge on any atom is 0.0728 e. The number of nitrogens with zero attached hydrogens (tertiary/aromatic N) is 1. The molecule has 3 nitrogen and oxygen atoms in total. The highest BCUT2D eigenvalue weighted by molar-refractivity contribution is 6.31. The van der Waals surface area contributed by atoms with Gasteiger partial charge in [-0.2, -0.15) is 5.10 Å². The molecule has 2 rings (SSSR count). The van der Waals surface area contributed by atoms with Gasteiger partial charge in [0.05, 0.1) is 17.9 Å². The van der Waals surface area contributed by atoms with Gasteiger partial charge in [-0.15, -0.1) is 0 Å². The lowest BCUT2D eigenvalue weighted by atomic mass is 10.1. The van der Waals surface area contributed by atoms with Gasteiger partial charge in [0.1, 0.15) is 0 Å². The second-order valence-electron chi connectivity index (χ2n) is 3.37. The average molecular weight is 222 g/mol. The van der Waals surface area contributed by atoms with Crippen molar-refractivity contribution < 1.29 is 0 Å². The van der Waals surface area contributed by atoms with Crippen LogP contribution in [-0.2, 0) is 0 Å². The second-order valence-corrected chi connectivity index (χ2v) is 3.78. The van der Waals surface area contributed by atoms with Gasteiger partial charge < -0.3 is 5.32 Å². The Kier molecular flexibility index (Phi) is 2.92. The van der Waals surface area contributed by atoms with Gasteiger partial charge in [-0.05, 0) is 18.6 Å². The Hall–Kier alpha value is -1.48. The predicted octanol–water partition coefficient (Wildman–Crippen LogP) is 3.24. The van der Waals surface area contributed by atoms with E-state index in [-0.39, 0.29) is 6.04 Å². The predicted molar refractivity (Wildman–Crippen MR) is 62.1 cm³/mol. The highest BCUT2D eigenvalue weighted by atomic mass is 35.5. The minimum Gasteiger partial charge on any atom is -0.376 e. The van der Waals surface area contributed by atoms with Crippen LogP contribution < -0.4 is 5.32 Å². The summed E-state index contributed by atoms with van der Waals surface area (Å²) in [6.07, 6.45) is 3.56. The van der Waals surface area contributed by atoms with Crippen LogP contribution in [0.4, 0.5) is 5.69 Å². The number of halogens is 1. The number of rotatable bonds is 3. The first-order valence-corrected chi connectivity index (χ1v) is 5.15. The molecule has 1 aromatic heterocycles. The lowest BCUT2D eigenvalue weighted by molar-refractivity contribution is 0.885. The highest BCUT2D eigenvalue weighted by Gasteiger charge is 2.08. The molecular weight excluding hydrogens is 210 g/mol. The van der Waals surface area contributed by atoms with E-state index in [0.717, 1.165) is 16.3 Å². The molecule has 0 saturated heterocycles. The van der Waals surface area contributed by atoms with E-state index in [4.69, 9.17) is 11.6 Å². The van der Waals surface area contributed by atoms with Crippen LogP contribution in [0.1, 0.15) is 18.5 Å². The van der Waals surface area contributed by atoms with Crippen LogP contribution in [0.3, 0.4) is 0 Å². The van der Waals surface area contributed by atoms with E-state index in [0.29, 0.717) is 0 Å². The Balaban J connectivity index is 2.15. The summed E-state index contributed by atoms with van der Waals surface area (Å²) >= 11 is 6.10. The minimum atomic E-state index is 0.163. The molecule has 0 amide bonds. The van der Waals surface area contributed by atoms with Gasteiger partial charge in [0.2, 0.25) is 0 Å². The lowest BCUT2D eigenvalue weighted by Crippen LogP contribution is -2.06. The van der Waals surface area contributed by atoms with Gasteiger partial charge in [0.15, 0.2) is 0 Å². The molecule has 1 atom stereocenters. The summed E-state index contributed by atoms with van der Waals surface area (Å²) in [6.45, 7) is 2.06. The molecule has 1 aromatic carbocycles. The average Bonchev–Trinajstić information content (AvgIpc) is 2.71. The number of anilines is 1. The van der Waals surface area contributed by atoms with Crippen molar-refractivity contribution in [1.29, 1.82) is 0 Å². The smallest absolute Gasteiger partial charge is 0.0728 e. The minimum absolute atomic E-state index is 0.163. The molecule has 0 aliphatic heterocycles. The summed E-state index contributed by atoms with van der Waals surface area (Å²) < 4.78 is 0. The summed E-state index contributed by atoms with van der Waals surface area (Å²) in [6, 6.07) is 7.98. The van der Waals surface area contributed by atoms with E-state index in [1.165, 1.54) is 0 Å². The summed E-state index contributed by atoms with van der Waals surface area (Å²) in [5, 5.41) is 10.7. The van der Waals surface area contributed by atoms with Crippen molar-refractivity contribution in [2.75, 3.05) is 5.32 Å². The number of aromatic nitrogens is 2. The van der Waals surface area contributed by atoms with Crippen molar-refractivity contribution in [1.82, 2.24) is 10.2 Å². The number of H-pyrrole nitrogens is 1.